The molecule has 1 unspecified atom stereocenters. The van der Waals surface area contributed by atoms with Crippen LogP contribution in [-0.2, 0) is 4.74 Å². The van der Waals surface area contributed by atoms with Gasteiger partial charge in [-0.1, -0.05) is 0 Å². The zero-order valence-corrected chi connectivity index (χ0v) is 11.7. The van der Waals surface area contributed by atoms with Crippen molar-refractivity contribution in [2.75, 3.05) is 13.2 Å². The Balaban J connectivity index is 2.54. The predicted molar refractivity (Wildman–Crippen MR) is 72.9 cm³/mol. The fourth-order valence-electron chi connectivity index (χ4n) is 1.70. The van der Waals surface area contributed by atoms with Gasteiger partial charge in [0.05, 0.1) is 0 Å². The third kappa shape index (κ3) is 6.20. The van der Waals surface area contributed by atoms with Crippen molar-refractivity contribution in [3.8, 4) is 0 Å². The Morgan fingerprint density at radius 3 is 2.58 bits per heavy atom. The molecule has 0 aliphatic carbocycles. The summed E-state index contributed by atoms with van der Waals surface area (Å²) in [5, 5.41) is 11.8. The number of hydrogen-bond donors (Lipinski definition) is 2. The molecule has 0 aromatic carbocycles. The maximum absolute atomic E-state index is 11.6. The number of aliphatic hydroxyl groups is 1. The van der Waals surface area contributed by atoms with E-state index in [1.54, 1.807) is 12.4 Å². The molecule has 1 atom stereocenters. The number of pyridine rings is 1. The van der Waals surface area contributed by atoms with Crippen LogP contribution in [-0.4, -0.2) is 34.9 Å². The van der Waals surface area contributed by atoms with E-state index in [1.807, 2.05) is 32.9 Å². The summed E-state index contributed by atoms with van der Waals surface area (Å²) in [5.74, 6) is 0.0560. The highest BCUT2D eigenvalue weighted by Gasteiger charge is 2.18. The summed E-state index contributed by atoms with van der Waals surface area (Å²) < 4.78 is 5.18. The summed E-state index contributed by atoms with van der Waals surface area (Å²) in [4.78, 5) is 15.5. The fraction of sp³-hybridized carbons (Fsp3) is 0.571. The van der Waals surface area contributed by atoms with Gasteiger partial charge in [0.2, 0.25) is 0 Å². The highest BCUT2D eigenvalue weighted by atomic mass is 16.6. The van der Waals surface area contributed by atoms with Gasteiger partial charge in [0, 0.05) is 31.5 Å². The Labute approximate surface area is 114 Å². The van der Waals surface area contributed by atoms with E-state index in [9.17, 15) is 4.79 Å². The number of amides is 1. The fourth-order valence-corrected chi connectivity index (χ4v) is 1.70. The average molecular weight is 266 g/mol. The third-order valence-corrected chi connectivity index (χ3v) is 2.55. The Bertz CT molecular complexity index is 387. The molecular weight excluding hydrogens is 244 g/mol. The molecule has 1 aromatic heterocycles. The van der Waals surface area contributed by atoms with Crippen molar-refractivity contribution in [3.63, 3.8) is 0 Å². The molecule has 5 nitrogen and oxygen atoms in total. The minimum atomic E-state index is -0.507. The summed E-state index contributed by atoms with van der Waals surface area (Å²) in [7, 11) is 0. The van der Waals surface area contributed by atoms with Gasteiger partial charge < -0.3 is 15.2 Å². The zero-order chi connectivity index (χ0) is 14.3. The molecule has 5 heteroatoms. The second-order valence-electron chi connectivity index (χ2n) is 5.37. The molecule has 0 saturated heterocycles. The lowest BCUT2D eigenvalue weighted by Gasteiger charge is -2.22. The van der Waals surface area contributed by atoms with E-state index in [4.69, 9.17) is 9.84 Å². The largest absolute Gasteiger partial charge is 0.444 e. The molecule has 0 spiro atoms. The van der Waals surface area contributed by atoms with Gasteiger partial charge in [-0.3, -0.25) is 4.98 Å². The molecule has 0 fully saturated rings. The summed E-state index contributed by atoms with van der Waals surface area (Å²) in [6, 6.07) is 3.77. The highest BCUT2D eigenvalue weighted by molar-refractivity contribution is 5.67. The number of ether oxygens (including phenoxy) is 1. The molecule has 0 aliphatic heterocycles. The molecule has 0 saturated carbocycles. The maximum Gasteiger partial charge on any atom is 0.407 e. The molecule has 0 aliphatic rings. The molecule has 1 rings (SSSR count). The molecule has 0 bridgehead atoms. The van der Waals surface area contributed by atoms with Crippen molar-refractivity contribution in [1.29, 1.82) is 0 Å². The van der Waals surface area contributed by atoms with E-state index >= 15 is 0 Å². The van der Waals surface area contributed by atoms with E-state index in [0.717, 1.165) is 5.56 Å². The first kappa shape index (κ1) is 15.4. The number of nitrogens with one attached hydrogen (secondary N) is 1. The van der Waals surface area contributed by atoms with Gasteiger partial charge >= 0.3 is 6.09 Å². The molecule has 19 heavy (non-hydrogen) atoms. The van der Waals surface area contributed by atoms with Crippen LogP contribution in [0, 0.1) is 0 Å². The van der Waals surface area contributed by atoms with Gasteiger partial charge in [0.15, 0.2) is 0 Å². The standard InChI is InChI=1S/C14H22N2O3/c1-14(2,3)19-13(18)16-10-12(6-9-17)11-4-7-15-8-5-11/h4-5,7-8,12,17H,6,9-10H2,1-3H3,(H,16,18). The van der Waals surface area contributed by atoms with Gasteiger partial charge in [0.25, 0.3) is 0 Å². The topological polar surface area (TPSA) is 71.5 Å². The van der Waals surface area contributed by atoms with Crippen LogP contribution < -0.4 is 5.32 Å². The SMILES string of the molecule is CC(C)(C)OC(=O)NCC(CCO)c1ccncc1. The summed E-state index contributed by atoms with van der Waals surface area (Å²) in [5.41, 5.74) is 0.535. The Hall–Kier alpha value is -1.62. The molecule has 106 valence electrons. The predicted octanol–water partition coefficient (Wildman–Crippen LogP) is 2.07. The van der Waals surface area contributed by atoms with E-state index in [2.05, 4.69) is 10.3 Å². The van der Waals surface area contributed by atoms with Crippen LogP contribution >= 0.6 is 0 Å². The van der Waals surface area contributed by atoms with Gasteiger partial charge in [-0.15, -0.1) is 0 Å². The van der Waals surface area contributed by atoms with Crippen LogP contribution in [0.25, 0.3) is 0 Å². The monoisotopic (exact) mass is 266 g/mol. The van der Waals surface area contributed by atoms with E-state index in [0.29, 0.717) is 13.0 Å². The molecule has 1 heterocycles. The number of carbonyl (C=O) groups excluding carboxylic acids is 1. The van der Waals surface area contributed by atoms with Gasteiger partial charge in [-0.05, 0) is 44.9 Å². The van der Waals surface area contributed by atoms with Crippen molar-refractivity contribution in [2.45, 2.75) is 38.7 Å². The number of aliphatic hydroxyl groups excluding tert-OH is 1. The number of carbonyl (C=O) groups is 1. The Morgan fingerprint density at radius 2 is 2.05 bits per heavy atom. The van der Waals surface area contributed by atoms with Crippen molar-refractivity contribution in [3.05, 3.63) is 30.1 Å². The Morgan fingerprint density at radius 1 is 1.42 bits per heavy atom. The number of aromatic nitrogens is 1. The number of hydrogen-bond acceptors (Lipinski definition) is 4. The molecule has 2 N–H and O–H groups in total. The first-order chi connectivity index (χ1) is 8.92. The minimum Gasteiger partial charge on any atom is -0.444 e. The molecule has 0 radical (unpaired) electrons. The zero-order valence-electron chi connectivity index (χ0n) is 11.7. The van der Waals surface area contributed by atoms with Crippen LogP contribution in [0.3, 0.4) is 0 Å². The van der Waals surface area contributed by atoms with Crippen molar-refractivity contribution in [2.24, 2.45) is 0 Å². The lowest BCUT2D eigenvalue weighted by Crippen LogP contribution is -2.35. The van der Waals surface area contributed by atoms with E-state index < -0.39 is 11.7 Å². The van der Waals surface area contributed by atoms with E-state index in [-0.39, 0.29) is 12.5 Å². The van der Waals surface area contributed by atoms with Crippen LogP contribution in [0.4, 0.5) is 4.79 Å². The Kier molecular flexibility index (Phi) is 5.76. The first-order valence-electron chi connectivity index (χ1n) is 6.40. The minimum absolute atomic E-state index is 0.0560. The van der Waals surface area contributed by atoms with Crippen molar-refractivity contribution < 1.29 is 14.6 Å². The van der Waals surface area contributed by atoms with Gasteiger partial charge in [-0.25, -0.2) is 4.79 Å². The maximum atomic E-state index is 11.6. The number of rotatable bonds is 5. The molecule has 1 aromatic rings. The number of nitrogens with zero attached hydrogens (tertiary/aromatic N) is 1. The smallest absolute Gasteiger partial charge is 0.407 e. The lowest BCUT2D eigenvalue weighted by molar-refractivity contribution is 0.0522. The lowest BCUT2D eigenvalue weighted by atomic mass is 9.97. The normalized spacial score (nSPS) is 12.8. The van der Waals surface area contributed by atoms with Gasteiger partial charge in [-0.2, -0.15) is 0 Å². The second-order valence-corrected chi connectivity index (χ2v) is 5.37. The summed E-state index contributed by atoms with van der Waals surface area (Å²) in [6.07, 6.45) is 3.55. The first-order valence-corrected chi connectivity index (χ1v) is 6.40. The van der Waals surface area contributed by atoms with Crippen LogP contribution in [0.1, 0.15) is 38.7 Å². The van der Waals surface area contributed by atoms with Gasteiger partial charge in [0.1, 0.15) is 5.60 Å². The summed E-state index contributed by atoms with van der Waals surface area (Å²) in [6.45, 7) is 5.96. The third-order valence-electron chi connectivity index (χ3n) is 2.55. The van der Waals surface area contributed by atoms with Crippen molar-refractivity contribution in [1.82, 2.24) is 10.3 Å². The van der Waals surface area contributed by atoms with Crippen LogP contribution in [0.2, 0.25) is 0 Å². The highest BCUT2D eigenvalue weighted by Crippen LogP contribution is 2.17. The van der Waals surface area contributed by atoms with E-state index in [1.165, 1.54) is 0 Å². The van der Waals surface area contributed by atoms with Crippen LogP contribution in [0.15, 0.2) is 24.5 Å². The van der Waals surface area contributed by atoms with Crippen LogP contribution in [0.5, 0.6) is 0 Å². The number of alkyl carbamates (subject to hydrolysis) is 1. The quantitative estimate of drug-likeness (QED) is 0.856. The average Bonchev–Trinajstić information content (AvgIpc) is 2.33. The van der Waals surface area contributed by atoms with Crippen molar-refractivity contribution >= 4 is 6.09 Å². The second kappa shape index (κ2) is 7.09. The molecular formula is C14H22N2O3. The molecule has 1 amide bonds. The summed E-state index contributed by atoms with van der Waals surface area (Å²) >= 11 is 0.